The van der Waals surface area contributed by atoms with Crippen LogP contribution in [0.1, 0.15) is 37.7 Å². The van der Waals surface area contributed by atoms with Crippen molar-refractivity contribution in [3.8, 4) is 0 Å². The van der Waals surface area contributed by atoms with Gasteiger partial charge in [-0.3, -0.25) is 9.78 Å². The summed E-state index contributed by atoms with van der Waals surface area (Å²) in [6.07, 6.45) is 8.18. The fourth-order valence-electron chi connectivity index (χ4n) is 3.47. The molecule has 1 fully saturated rings. The molecule has 1 aliphatic carbocycles. The summed E-state index contributed by atoms with van der Waals surface area (Å²) in [4.78, 5) is 16.9. The minimum Gasteiger partial charge on any atom is -0.469 e. The third kappa shape index (κ3) is 3.07. The minimum atomic E-state index is -0.315. The molecule has 1 aromatic heterocycles. The predicted octanol–water partition coefficient (Wildman–Crippen LogP) is 2.62. The summed E-state index contributed by atoms with van der Waals surface area (Å²) in [6.45, 7) is 0. The van der Waals surface area contributed by atoms with Gasteiger partial charge in [-0.25, -0.2) is 0 Å². The number of ether oxygens (including phenoxy) is 1. The van der Waals surface area contributed by atoms with Gasteiger partial charge in [0.25, 0.3) is 0 Å². The number of rotatable bonds is 4. The van der Waals surface area contributed by atoms with E-state index in [2.05, 4.69) is 16.4 Å². The van der Waals surface area contributed by atoms with E-state index in [0.29, 0.717) is 6.42 Å². The maximum absolute atomic E-state index is 11.8. The number of thiocarbonyl (C=S) groups is 1. The standard InChI is InChI=1S/C16H22N2O2S/c1-17-15(21)16(13-7-5-9-18-11-13)8-4-3-6-12(16)10-14(19)20-2/h5,7,9,11-12H,3-4,6,8,10H2,1-2H3,(H,17,21)/t12-,16+/m1/s1. The van der Waals surface area contributed by atoms with Crippen molar-refractivity contribution >= 4 is 23.2 Å². The monoisotopic (exact) mass is 306 g/mol. The zero-order valence-electron chi connectivity index (χ0n) is 12.6. The molecule has 4 nitrogen and oxygen atoms in total. The Kier molecular flexibility index (Phi) is 5.28. The van der Waals surface area contributed by atoms with E-state index >= 15 is 0 Å². The molecule has 0 aliphatic heterocycles. The molecular weight excluding hydrogens is 284 g/mol. The van der Waals surface area contributed by atoms with Gasteiger partial charge in [0.2, 0.25) is 0 Å². The van der Waals surface area contributed by atoms with Crippen molar-refractivity contribution in [3.05, 3.63) is 30.1 Å². The summed E-state index contributed by atoms with van der Waals surface area (Å²) in [7, 11) is 3.29. The summed E-state index contributed by atoms with van der Waals surface area (Å²) in [5.74, 6) is -0.0167. The summed E-state index contributed by atoms with van der Waals surface area (Å²) >= 11 is 5.64. The van der Waals surface area contributed by atoms with E-state index in [9.17, 15) is 4.79 Å². The van der Waals surface area contributed by atoms with Gasteiger partial charge in [0.1, 0.15) is 0 Å². The van der Waals surface area contributed by atoms with Gasteiger partial charge >= 0.3 is 5.97 Å². The third-order valence-electron chi connectivity index (χ3n) is 4.52. The number of esters is 1. The number of hydrogen-bond acceptors (Lipinski definition) is 4. The van der Waals surface area contributed by atoms with Crippen LogP contribution in [0.2, 0.25) is 0 Å². The Labute approximate surface area is 131 Å². The highest BCUT2D eigenvalue weighted by atomic mass is 32.1. The van der Waals surface area contributed by atoms with Crippen molar-refractivity contribution in [3.63, 3.8) is 0 Å². The normalized spacial score (nSPS) is 25.1. The number of pyridine rings is 1. The number of carbonyl (C=O) groups is 1. The van der Waals surface area contributed by atoms with Crippen LogP contribution in [-0.2, 0) is 14.9 Å². The fourth-order valence-corrected chi connectivity index (χ4v) is 3.85. The first kappa shape index (κ1) is 15.9. The second-order valence-corrected chi connectivity index (χ2v) is 5.92. The van der Waals surface area contributed by atoms with Crippen molar-refractivity contribution in [1.29, 1.82) is 0 Å². The summed E-state index contributed by atoms with van der Waals surface area (Å²) in [6, 6.07) is 3.99. The fraction of sp³-hybridized carbons (Fsp3) is 0.562. The van der Waals surface area contributed by atoms with E-state index in [0.717, 1.165) is 36.2 Å². The average molecular weight is 306 g/mol. The van der Waals surface area contributed by atoms with Gasteiger partial charge in [-0.1, -0.05) is 31.1 Å². The average Bonchev–Trinajstić information content (AvgIpc) is 2.55. The molecule has 114 valence electrons. The van der Waals surface area contributed by atoms with E-state index < -0.39 is 0 Å². The van der Waals surface area contributed by atoms with Crippen LogP contribution in [0, 0.1) is 5.92 Å². The number of likely N-dealkylation sites (N-methyl/N-ethyl adjacent to an activating group) is 1. The Morgan fingerprint density at radius 3 is 3.00 bits per heavy atom. The molecule has 0 amide bonds. The molecule has 1 aliphatic rings. The van der Waals surface area contributed by atoms with Crippen molar-refractivity contribution in [2.75, 3.05) is 14.2 Å². The molecular formula is C16H22N2O2S. The van der Waals surface area contributed by atoms with Crippen LogP contribution >= 0.6 is 12.2 Å². The van der Waals surface area contributed by atoms with Crippen molar-refractivity contribution in [2.24, 2.45) is 5.92 Å². The molecule has 1 aromatic rings. The van der Waals surface area contributed by atoms with Gasteiger partial charge in [0, 0.05) is 25.9 Å². The number of methoxy groups -OCH3 is 1. The van der Waals surface area contributed by atoms with E-state index in [1.54, 1.807) is 6.20 Å². The SMILES string of the molecule is CNC(=S)[C@@]1(c2cccnc2)CCCC[C@@H]1CC(=O)OC. The Balaban J connectivity index is 2.45. The molecule has 2 atom stereocenters. The first-order valence-corrected chi connectivity index (χ1v) is 7.75. The second kappa shape index (κ2) is 6.98. The molecule has 0 spiro atoms. The van der Waals surface area contributed by atoms with Gasteiger partial charge < -0.3 is 10.1 Å². The second-order valence-electron chi connectivity index (χ2n) is 5.52. The van der Waals surface area contributed by atoms with Crippen molar-refractivity contribution in [1.82, 2.24) is 10.3 Å². The predicted molar refractivity (Wildman–Crippen MR) is 86.2 cm³/mol. The summed E-state index contributed by atoms with van der Waals surface area (Å²) in [5.41, 5.74) is 0.781. The van der Waals surface area contributed by atoms with Crippen LogP contribution in [0.5, 0.6) is 0 Å². The molecule has 0 unspecified atom stereocenters. The minimum absolute atomic E-state index is 0.155. The van der Waals surface area contributed by atoms with Crippen LogP contribution in [0.4, 0.5) is 0 Å². The van der Waals surface area contributed by atoms with E-state index in [-0.39, 0.29) is 17.3 Å². The maximum atomic E-state index is 11.8. The molecule has 2 rings (SSSR count). The quantitative estimate of drug-likeness (QED) is 0.684. The molecule has 1 saturated carbocycles. The van der Waals surface area contributed by atoms with Crippen LogP contribution in [-0.4, -0.2) is 30.1 Å². The van der Waals surface area contributed by atoms with Crippen molar-refractivity contribution in [2.45, 2.75) is 37.5 Å². The number of nitrogens with one attached hydrogen (secondary N) is 1. The Morgan fingerprint density at radius 1 is 1.57 bits per heavy atom. The Morgan fingerprint density at radius 2 is 2.38 bits per heavy atom. The van der Waals surface area contributed by atoms with Crippen LogP contribution in [0.25, 0.3) is 0 Å². The molecule has 21 heavy (non-hydrogen) atoms. The molecule has 1 heterocycles. The highest BCUT2D eigenvalue weighted by Crippen LogP contribution is 2.46. The smallest absolute Gasteiger partial charge is 0.305 e. The first-order valence-electron chi connectivity index (χ1n) is 7.34. The molecule has 0 radical (unpaired) electrons. The zero-order chi connectivity index (χ0) is 15.3. The third-order valence-corrected chi connectivity index (χ3v) is 5.09. The molecule has 1 N–H and O–H groups in total. The van der Waals surface area contributed by atoms with Crippen molar-refractivity contribution < 1.29 is 9.53 Å². The number of hydrogen-bond donors (Lipinski definition) is 1. The lowest BCUT2D eigenvalue weighted by Crippen LogP contribution is -2.50. The van der Waals surface area contributed by atoms with Crippen LogP contribution < -0.4 is 5.32 Å². The molecule has 0 saturated heterocycles. The topological polar surface area (TPSA) is 51.2 Å². The number of nitrogens with zero attached hydrogens (tertiary/aromatic N) is 1. The van der Waals surface area contributed by atoms with Gasteiger partial charge in [0.05, 0.1) is 17.5 Å². The Hall–Kier alpha value is -1.49. The van der Waals surface area contributed by atoms with Gasteiger partial charge in [-0.05, 0) is 30.4 Å². The number of aromatic nitrogens is 1. The largest absolute Gasteiger partial charge is 0.469 e. The van der Waals surface area contributed by atoms with Crippen LogP contribution in [0.3, 0.4) is 0 Å². The molecule has 0 aromatic carbocycles. The summed E-state index contributed by atoms with van der Waals surface area (Å²) < 4.78 is 4.88. The Bertz CT molecular complexity index is 506. The van der Waals surface area contributed by atoms with Gasteiger partial charge in [0.15, 0.2) is 0 Å². The van der Waals surface area contributed by atoms with Crippen LogP contribution in [0.15, 0.2) is 24.5 Å². The van der Waals surface area contributed by atoms with E-state index in [1.807, 2.05) is 19.3 Å². The van der Waals surface area contributed by atoms with E-state index in [1.165, 1.54) is 7.11 Å². The maximum Gasteiger partial charge on any atom is 0.305 e. The van der Waals surface area contributed by atoms with E-state index in [4.69, 9.17) is 17.0 Å². The molecule has 0 bridgehead atoms. The van der Waals surface area contributed by atoms with Gasteiger partial charge in [-0.15, -0.1) is 0 Å². The highest BCUT2D eigenvalue weighted by Gasteiger charge is 2.46. The number of carbonyl (C=O) groups excluding carboxylic acids is 1. The summed E-state index contributed by atoms with van der Waals surface area (Å²) in [5, 5.41) is 3.15. The molecule has 5 heteroatoms. The lowest BCUT2D eigenvalue weighted by Gasteiger charge is -2.44. The zero-order valence-corrected chi connectivity index (χ0v) is 13.4. The lowest BCUT2D eigenvalue weighted by molar-refractivity contribution is -0.142. The first-order chi connectivity index (χ1) is 10.1. The van der Waals surface area contributed by atoms with Gasteiger partial charge in [-0.2, -0.15) is 0 Å². The highest BCUT2D eigenvalue weighted by molar-refractivity contribution is 7.80. The lowest BCUT2D eigenvalue weighted by atomic mass is 9.61.